The number of benzene rings is 5. The Morgan fingerprint density at radius 1 is 0.615 bits per heavy atom. The van der Waals surface area contributed by atoms with E-state index in [9.17, 15) is 0 Å². The first-order valence-electron chi connectivity index (χ1n) is 18.3. The summed E-state index contributed by atoms with van der Waals surface area (Å²) in [5.74, 6) is 0. The molecule has 0 bridgehead atoms. The summed E-state index contributed by atoms with van der Waals surface area (Å²) in [5.41, 5.74) is 5.33. The third-order valence-corrected chi connectivity index (χ3v) is 11.3. The van der Waals surface area contributed by atoms with Crippen LogP contribution in [0.25, 0.3) is 0 Å². The van der Waals surface area contributed by atoms with Gasteiger partial charge in [-0.25, -0.2) is 0 Å². The molecule has 6 rings (SSSR count). The van der Waals surface area contributed by atoms with E-state index in [-0.39, 0.29) is 23.6 Å². The van der Waals surface area contributed by atoms with Gasteiger partial charge in [0.05, 0.1) is 43.9 Å². The minimum atomic E-state index is -0.441. The highest BCUT2D eigenvalue weighted by molar-refractivity contribution is 8.00. The highest BCUT2D eigenvalue weighted by Crippen LogP contribution is 2.46. The second-order valence-electron chi connectivity index (χ2n) is 14.2. The van der Waals surface area contributed by atoms with Gasteiger partial charge in [-0.15, -0.1) is 11.8 Å². The van der Waals surface area contributed by atoms with Crippen LogP contribution in [0, 0.1) is 12.3 Å². The van der Waals surface area contributed by atoms with Crippen molar-refractivity contribution in [3.8, 4) is 0 Å². The summed E-state index contributed by atoms with van der Waals surface area (Å²) in [5, 5.41) is -0.138. The Labute approximate surface area is 314 Å². The van der Waals surface area contributed by atoms with Crippen LogP contribution in [0.4, 0.5) is 0 Å². The van der Waals surface area contributed by atoms with Crippen LogP contribution in [0.2, 0.25) is 0 Å². The van der Waals surface area contributed by atoms with Crippen molar-refractivity contribution in [2.75, 3.05) is 13.7 Å². The molecule has 1 fully saturated rings. The molecule has 1 heterocycles. The molecule has 52 heavy (non-hydrogen) atoms. The van der Waals surface area contributed by atoms with Crippen LogP contribution < -0.4 is 0 Å². The maximum Gasteiger partial charge on any atom is 0.114 e. The zero-order chi connectivity index (χ0) is 36.2. The van der Waals surface area contributed by atoms with Crippen molar-refractivity contribution in [1.29, 1.82) is 0 Å². The topological polar surface area (TPSA) is 46.2 Å². The van der Waals surface area contributed by atoms with Crippen LogP contribution in [-0.2, 0) is 49.9 Å². The molecule has 0 spiro atoms. The third kappa shape index (κ3) is 10.2. The largest absolute Gasteiger partial charge is 0.380 e. The molecular weight excluding hydrogens is 665 g/mol. The predicted molar refractivity (Wildman–Crippen MR) is 210 cm³/mol. The SMILES string of the molecule is CO[C@@H](Cc1ccccc1)C(C)(C)[C@@H]1O[C@H](COCc2ccccc2)[C@@H](OCc2ccccc2)[C@H](OCc2ccccc2)[C@H]1Sc1ccc(C)cc1. The molecule has 0 N–H and O–H groups in total. The van der Waals surface area contributed by atoms with E-state index in [1.165, 1.54) is 11.1 Å². The van der Waals surface area contributed by atoms with Crippen molar-refractivity contribution < 1.29 is 23.7 Å². The molecular formula is C46H52O5S. The molecule has 0 radical (unpaired) electrons. The van der Waals surface area contributed by atoms with E-state index in [1.807, 2.05) is 61.3 Å². The number of thioether (sulfide) groups is 1. The molecule has 0 amide bonds. The predicted octanol–water partition coefficient (Wildman–Crippen LogP) is 9.89. The van der Waals surface area contributed by atoms with Gasteiger partial charge in [-0.2, -0.15) is 0 Å². The highest BCUT2D eigenvalue weighted by Gasteiger charge is 2.54. The molecule has 0 aromatic heterocycles. The molecule has 5 nitrogen and oxygen atoms in total. The van der Waals surface area contributed by atoms with Gasteiger partial charge in [-0.1, -0.05) is 153 Å². The second kappa shape index (κ2) is 18.8. The lowest BCUT2D eigenvalue weighted by Crippen LogP contribution is -2.64. The fourth-order valence-electron chi connectivity index (χ4n) is 7.00. The van der Waals surface area contributed by atoms with E-state index >= 15 is 0 Å². The summed E-state index contributed by atoms with van der Waals surface area (Å²) in [6, 6.07) is 50.3. The van der Waals surface area contributed by atoms with Crippen LogP contribution in [0.3, 0.4) is 0 Å². The summed E-state index contributed by atoms with van der Waals surface area (Å²) >= 11 is 1.81. The van der Waals surface area contributed by atoms with Crippen molar-refractivity contribution in [1.82, 2.24) is 0 Å². The van der Waals surface area contributed by atoms with Gasteiger partial charge in [0.1, 0.15) is 18.3 Å². The van der Waals surface area contributed by atoms with Crippen LogP contribution >= 0.6 is 11.8 Å². The van der Waals surface area contributed by atoms with Crippen LogP contribution in [0.5, 0.6) is 0 Å². The number of rotatable bonds is 17. The molecule has 6 heteroatoms. The Bertz CT molecular complexity index is 1730. The monoisotopic (exact) mass is 716 g/mol. The molecule has 5 aromatic rings. The first kappa shape index (κ1) is 38.0. The quantitative estimate of drug-likeness (QED) is 0.0955. The molecule has 5 aromatic carbocycles. The summed E-state index contributed by atoms with van der Waals surface area (Å²) < 4.78 is 34.2. The molecule has 0 saturated carbocycles. The maximum atomic E-state index is 7.37. The van der Waals surface area contributed by atoms with Crippen molar-refractivity contribution >= 4 is 11.8 Å². The smallest absolute Gasteiger partial charge is 0.114 e. The Morgan fingerprint density at radius 3 is 1.62 bits per heavy atom. The Balaban J connectivity index is 1.39. The summed E-state index contributed by atoms with van der Waals surface area (Å²) in [6.45, 7) is 8.38. The third-order valence-electron chi connectivity index (χ3n) is 10.0. The zero-order valence-electron chi connectivity index (χ0n) is 30.8. The average Bonchev–Trinajstić information content (AvgIpc) is 3.18. The van der Waals surface area contributed by atoms with Crippen molar-refractivity contribution in [3.63, 3.8) is 0 Å². The standard InChI is InChI=1S/C46H52O5S/c1-34-25-27-39(28-26-34)52-44-43(50-32-38-23-15-8-16-24-38)42(49-31-37-21-13-7-14-22-37)40(33-48-30-36-19-11-6-12-20-36)51-45(44)46(2,3)41(47-4)29-35-17-9-5-10-18-35/h5-28,40-45H,29-33H2,1-4H3/t40-,41+,42-,43+,44-,45-/m1/s1. The fourth-order valence-corrected chi connectivity index (χ4v) is 8.52. The molecule has 1 aliphatic rings. The zero-order valence-corrected chi connectivity index (χ0v) is 31.6. The second-order valence-corrected chi connectivity index (χ2v) is 15.5. The molecule has 272 valence electrons. The lowest BCUT2D eigenvalue weighted by molar-refractivity contribution is -0.244. The highest BCUT2D eigenvalue weighted by atomic mass is 32.2. The van der Waals surface area contributed by atoms with Crippen LogP contribution in [0.1, 0.15) is 41.7 Å². The molecule has 1 saturated heterocycles. The van der Waals surface area contributed by atoms with Gasteiger partial charge < -0.3 is 23.7 Å². The van der Waals surface area contributed by atoms with E-state index in [4.69, 9.17) is 23.7 Å². The summed E-state index contributed by atoms with van der Waals surface area (Å²) in [4.78, 5) is 1.16. The van der Waals surface area contributed by atoms with Gasteiger partial charge in [0.15, 0.2) is 0 Å². The normalized spacial score (nSPS) is 21.1. The Morgan fingerprint density at radius 2 is 1.10 bits per heavy atom. The molecule has 1 aliphatic heterocycles. The van der Waals surface area contributed by atoms with E-state index in [2.05, 4.69) is 124 Å². The van der Waals surface area contributed by atoms with Crippen molar-refractivity contribution in [3.05, 3.63) is 173 Å². The number of aryl methyl sites for hydroxylation is 1. The summed E-state index contributed by atoms with van der Waals surface area (Å²) in [6.07, 6.45) is -0.817. The first-order valence-corrected chi connectivity index (χ1v) is 19.2. The van der Waals surface area contributed by atoms with Crippen molar-refractivity contribution in [2.45, 2.75) is 87.7 Å². The Kier molecular flexibility index (Phi) is 13.8. The fraction of sp³-hybridized carbons (Fsp3) is 0.348. The van der Waals surface area contributed by atoms with Gasteiger partial charge in [0.2, 0.25) is 0 Å². The minimum absolute atomic E-state index is 0.136. The number of hydrogen-bond acceptors (Lipinski definition) is 6. The van der Waals surface area contributed by atoms with Gasteiger partial charge in [0, 0.05) is 17.4 Å². The lowest BCUT2D eigenvalue weighted by Gasteiger charge is -2.52. The van der Waals surface area contributed by atoms with E-state index in [0.717, 1.165) is 28.0 Å². The van der Waals surface area contributed by atoms with Gasteiger partial charge in [-0.05, 0) is 47.7 Å². The number of hydrogen-bond donors (Lipinski definition) is 0. The molecule has 0 unspecified atom stereocenters. The van der Waals surface area contributed by atoms with Crippen LogP contribution in [0.15, 0.2) is 150 Å². The summed E-state index contributed by atoms with van der Waals surface area (Å²) in [7, 11) is 1.82. The Hall–Kier alpha value is -3.75. The van der Waals surface area contributed by atoms with E-state index in [1.54, 1.807) is 0 Å². The van der Waals surface area contributed by atoms with E-state index < -0.39 is 17.6 Å². The van der Waals surface area contributed by atoms with Gasteiger partial charge in [0.25, 0.3) is 0 Å². The first-order chi connectivity index (χ1) is 25.4. The molecule has 0 aliphatic carbocycles. The van der Waals surface area contributed by atoms with E-state index in [0.29, 0.717) is 26.4 Å². The maximum absolute atomic E-state index is 7.37. The van der Waals surface area contributed by atoms with Crippen LogP contribution in [-0.4, -0.2) is 49.5 Å². The van der Waals surface area contributed by atoms with Gasteiger partial charge >= 0.3 is 0 Å². The lowest BCUT2D eigenvalue weighted by atomic mass is 9.74. The van der Waals surface area contributed by atoms with Gasteiger partial charge in [-0.3, -0.25) is 0 Å². The number of ether oxygens (including phenoxy) is 5. The average molecular weight is 717 g/mol. The molecule has 6 atom stereocenters. The minimum Gasteiger partial charge on any atom is -0.380 e. The number of methoxy groups -OCH3 is 1. The van der Waals surface area contributed by atoms with Crippen molar-refractivity contribution in [2.24, 2.45) is 5.41 Å².